The van der Waals surface area contributed by atoms with Crippen molar-refractivity contribution in [3.8, 4) is 0 Å². The van der Waals surface area contributed by atoms with Crippen LogP contribution in [0.5, 0.6) is 0 Å². The summed E-state index contributed by atoms with van der Waals surface area (Å²) in [5, 5.41) is 12.4. The highest BCUT2D eigenvalue weighted by atomic mass is 16.6. The third kappa shape index (κ3) is 6.43. The number of amides is 3. The summed E-state index contributed by atoms with van der Waals surface area (Å²) in [6, 6.07) is 5.49. The maximum Gasteiger partial charge on any atom is 0.410 e. The zero-order valence-electron chi connectivity index (χ0n) is 21.2. The lowest BCUT2D eigenvalue weighted by Gasteiger charge is -2.35. The van der Waals surface area contributed by atoms with Crippen LogP contribution in [-0.4, -0.2) is 69.3 Å². The number of carbonyl (C=O) groups excluding carboxylic acids is 3. The number of carbonyl (C=O) groups is 4. The second kappa shape index (κ2) is 9.75. The molecule has 0 radical (unpaired) electrons. The molecule has 1 saturated heterocycles. The van der Waals surface area contributed by atoms with Crippen LogP contribution in [0.1, 0.15) is 59.1 Å². The van der Waals surface area contributed by atoms with E-state index in [1.54, 1.807) is 46.4 Å². The molecule has 2 heterocycles. The van der Waals surface area contributed by atoms with Crippen LogP contribution in [0.2, 0.25) is 0 Å². The van der Waals surface area contributed by atoms with Gasteiger partial charge in [-0.15, -0.1) is 0 Å². The van der Waals surface area contributed by atoms with Gasteiger partial charge >= 0.3 is 18.2 Å². The van der Waals surface area contributed by atoms with Crippen LogP contribution in [0.4, 0.5) is 9.59 Å². The normalized spacial score (nSPS) is 20.7. The van der Waals surface area contributed by atoms with Crippen molar-refractivity contribution in [2.24, 2.45) is 5.41 Å². The fraction of sp³-hybridized carbons (Fsp3) is 0.600. The third-order valence-electron chi connectivity index (χ3n) is 5.97. The Balaban J connectivity index is 1.70. The van der Waals surface area contributed by atoms with Gasteiger partial charge in [0.2, 0.25) is 5.91 Å². The van der Waals surface area contributed by atoms with E-state index in [2.05, 4.69) is 5.32 Å². The number of nitrogens with zero attached hydrogens (tertiary/aromatic N) is 2. The number of hydrogen-bond donors (Lipinski definition) is 2. The fourth-order valence-corrected chi connectivity index (χ4v) is 4.28. The van der Waals surface area contributed by atoms with Crippen LogP contribution < -0.4 is 5.32 Å². The van der Waals surface area contributed by atoms with E-state index in [0.717, 1.165) is 11.1 Å². The molecule has 3 rings (SSSR count). The second-order valence-corrected chi connectivity index (χ2v) is 11.2. The van der Waals surface area contributed by atoms with E-state index in [1.807, 2.05) is 24.3 Å². The Bertz CT molecular complexity index is 971. The number of likely N-dealkylation sites (tertiary alicyclic amines) is 1. The number of carboxylic acid groups (broad SMARTS) is 1. The van der Waals surface area contributed by atoms with Gasteiger partial charge in [0.05, 0.1) is 6.54 Å². The van der Waals surface area contributed by atoms with E-state index < -0.39 is 53.3 Å². The average molecular weight is 490 g/mol. The van der Waals surface area contributed by atoms with Gasteiger partial charge in [0, 0.05) is 19.5 Å². The standard InChI is InChI=1S/C25H35N3O7/c1-24(2,3)19(26-22(32)35-25(4,5)6)20(29)28-14-17(11-18(28)21(30)31)34-23(33)27-12-15-9-7-8-10-16(15)13-27/h7-10,17-19H,11-14H2,1-6H3,(H,26,32)(H,30,31)/t17?,18-,19+/m0/s1. The molecule has 1 unspecified atom stereocenters. The van der Waals surface area contributed by atoms with Gasteiger partial charge < -0.3 is 24.8 Å². The average Bonchev–Trinajstić information content (AvgIpc) is 3.33. The van der Waals surface area contributed by atoms with E-state index in [-0.39, 0.29) is 13.0 Å². The van der Waals surface area contributed by atoms with Gasteiger partial charge in [0.25, 0.3) is 0 Å². The van der Waals surface area contributed by atoms with Crippen LogP contribution in [0, 0.1) is 5.41 Å². The van der Waals surface area contributed by atoms with Gasteiger partial charge in [-0.1, -0.05) is 45.0 Å². The number of fused-ring (bicyclic) bond motifs is 1. The minimum atomic E-state index is -1.20. The lowest BCUT2D eigenvalue weighted by atomic mass is 9.85. The zero-order chi connectivity index (χ0) is 26.1. The molecule has 35 heavy (non-hydrogen) atoms. The second-order valence-electron chi connectivity index (χ2n) is 11.2. The molecule has 10 heteroatoms. The number of benzene rings is 1. The van der Waals surface area contributed by atoms with Crippen LogP contribution in [0.3, 0.4) is 0 Å². The van der Waals surface area contributed by atoms with Gasteiger partial charge in [0.15, 0.2) is 0 Å². The summed E-state index contributed by atoms with van der Waals surface area (Å²) in [5.41, 5.74) is 0.587. The smallest absolute Gasteiger partial charge is 0.410 e. The molecule has 1 aromatic carbocycles. The number of hydrogen-bond acceptors (Lipinski definition) is 6. The molecule has 3 amide bonds. The van der Waals surface area contributed by atoms with Gasteiger partial charge in [-0.25, -0.2) is 14.4 Å². The van der Waals surface area contributed by atoms with E-state index >= 15 is 0 Å². The zero-order valence-corrected chi connectivity index (χ0v) is 21.2. The molecule has 2 N–H and O–H groups in total. The Labute approximate surface area is 205 Å². The van der Waals surface area contributed by atoms with Gasteiger partial charge in [-0.05, 0) is 37.3 Å². The highest BCUT2D eigenvalue weighted by Crippen LogP contribution is 2.29. The van der Waals surface area contributed by atoms with Crippen molar-refractivity contribution in [2.75, 3.05) is 6.54 Å². The number of nitrogens with one attached hydrogen (secondary N) is 1. The topological polar surface area (TPSA) is 125 Å². The molecular weight excluding hydrogens is 454 g/mol. The first-order valence-corrected chi connectivity index (χ1v) is 11.7. The number of rotatable bonds is 4. The lowest BCUT2D eigenvalue weighted by molar-refractivity contribution is -0.150. The predicted molar refractivity (Wildman–Crippen MR) is 126 cm³/mol. The molecule has 1 aromatic rings. The van der Waals surface area contributed by atoms with Crippen molar-refractivity contribution in [1.82, 2.24) is 15.1 Å². The van der Waals surface area contributed by atoms with Crippen LogP contribution >= 0.6 is 0 Å². The Kier molecular flexibility index (Phi) is 7.33. The van der Waals surface area contributed by atoms with Crippen molar-refractivity contribution in [1.29, 1.82) is 0 Å². The molecule has 3 atom stereocenters. The Hall–Kier alpha value is -3.30. The largest absolute Gasteiger partial charge is 0.480 e. The van der Waals surface area contributed by atoms with Crippen molar-refractivity contribution in [2.45, 2.75) is 84.8 Å². The van der Waals surface area contributed by atoms with E-state index in [0.29, 0.717) is 13.1 Å². The van der Waals surface area contributed by atoms with Crippen molar-refractivity contribution >= 4 is 24.1 Å². The van der Waals surface area contributed by atoms with Crippen LogP contribution in [-0.2, 0) is 32.2 Å². The molecule has 2 aliphatic heterocycles. The maximum absolute atomic E-state index is 13.5. The van der Waals surface area contributed by atoms with Gasteiger partial charge in [-0.2, -0.15) is 0 Å². The minimum Gasteiger partial charge on any atom is -0.480 e. The van der Waals surface area contributed by atoms with Crippen molar-refractivity contribution < 1.29 is 33.8 Å². The first-order valence-electron chi connectivity index (χ1n) is 11.7. The predicted octanol–water partition coefficient (Wildman–Crippen LogP) is 3.13. The van der Waals surface area contributed by atoms with Crippen molar-refractivity contribution in [3.63, 3.8) is 0 Å². The van der Waals surface area contributed by atoms with Crippen LogP contribution in [0.15, 0.2) is 24.3 Å². The molecule has 0 spiro atoms. The summed E-state index contributed by atoms with van der Waals surface area (Å²) in [4.78, 5) is 53.4. The Morgan fingerprint density at radius 3 is 2.09 bits per heavy atom. The summed E-state index contributed by atoms with van der Waals surface area (Å²) >= 11 is 0. The van der Waals surface area contributed by atoms with Crippen LogP contribution in [0.25, 0.3) is 0 Å². The fourth-order valence-electron chi connectivity index (χ4n) is 4.28. The first-order chi connectivity index (χ1) is 16.2. The van der Waals surface area contributed by atoms with Gasteiger partial charge in [0.1, 0.15) is 23.8 Å². The molecule has 192 valence electrons. The number of alkyl carbamates (subject to hydrolysis) is 1. The molecule has 0 bridgehead atoms. The Morgan fingerprint density at radius 1 is 1.03 bits per heavy atom. The number of carboxylic acids is 1. The summed E-state index contributed by atoms with van der Waals surface area (Å²) in [7, 11) is 0. The van der Waals surface area contributed by atoms with E-state index in [1.165, 1.54) is 4.90 Å². The van der Waals surface area contributed by atoms with E-state index in [4.69, 9.17) is 9.47 Å². The summed E-state index contributed by atoms with van der Waals surface area (Å²) in [6.07, 6.45) is -2.13. The van der Waals surface area contributed by atoms with Crippen molar-refractivity contribution in [3.05, 3.63) is 35.4 Å². The monoisotopic (exact) mass is 489 g/mol. The quantitative estimate of drug-likeness (QED) is 0.665. The van der Waals surface area contributed by atoms with Gasteiger partial charge in [-0.3, -0.25) is 9.69 Å². The molecule has 10 nitrogen and oxygen atoms in total. The molecule has 0 aromatic heterocycles. The summed E-state index contributed by atoms with van der Waals surface area (Å²) < 4.78 is 10.9. The SMILES string of the molecule is CC(C)(C)OC(=O)N[C@H](C(=O)N1CC(OC(=O)N2Cc3ccccc3C2)C[C@H]1C(=O)O)C(C)(C)C. The summed E-state index contributed by atoms with van der Waals surface area (Å²) in [5.74, 6) is -1.77. The number of aliphatic carboxylic acids is 1. The third-order valence-corrected chi connectivity index (χ3v) is 5.97. The van der Waals surface area contributed by atoms with E-state index in [9.17, 15) is 24.3 Å². The molecule has 0 aliphatic carbocycles. The maximum atomic E-state index is 13.5. The first kappa shape index (κ1) is 26.3. The molecule has 0 saturated carbocycles. The molecule has 2 aliphatic rings. The molecule has 1 fully saturated rings. The highest BCUT2D eigenvalue weighted by molar-refractivity contribution is 5.90. The number of ether oxygens (including phenoxy) is 2. The highest BCUT2D eigenvalue weighted by Gasteiger charge is 2.46. The lowest BCUT2D eigenvalue weighted by Crippen LogP contribution is -2.57. The summed E-state index contributed by atoms with van der Waals surface area (Å²) in [6.45, 7) is 11.2. The minimum absolute atomic E-state index is 0.0309. The molecular formula is C25H35N3O7. The Morgan fingerprint density at radius 2 is 1.60 bits per heavy atom.